The van der Waals surface area contributed by atoms with E-state index in [1.165, 1.54) is 0 Å². The van der Waals surface area contributed by atoms with Crippen LogP contribution in [0.1, 0.15) is 49.3 Å². The van der Waals surface area contributed by atoms with Crippen LogP contribution in [0.4, 0.5) is 4.79 Å². The molecular formula is C20H31NO6. The van der Waals surface area contributed by atoms with Crippen molar-refractivity contribution in [3.05, 3.63) is 28.8 Å². The zero-order valence-corrected chi connectivity index (χ0v) is 16.5. The predicted molar refractivity (Wildman–Crippen MR) is 102 cm³/mol. The predicted octanol–water partition coefficient (Wildman–Crippen LogP) is 3.02. The summed E-state index contributed by atoms with van der Waals surface area (Å²) >= 11 is 0. The van der Waals surface area contributed by atoms with Crippen LogP contribution in [0.2, 0.25) is 0 Å². The highest BCUT2D eigenvalue weighted by Crippen LogP contribution is 2.25. The molecule has 0 heterocycles. The van der Waals surface area contributed by atoms with E-state index in [0.717, 1.165) is 42.4 Å². The highest BCUT2D eigenvalue weighted by molar-refractivity contribution is 5.74. The highest BCUT2D eigenvalue weighted by Gasteiger charge is 2.12. The van der Waals surface area contributed by atoms with Crippen molar-refractivity contribution in [2.45, 2.75) is 53.1 Å². The van der Waals surface area contributed by atoms with Gasteiger partial charge in [0, 0.05) is 19.8 Å². The van der Waals surface area contributed by atoms with Gasteiger partial charge < -0.3 is 24.6 Å². The number of esters is 1. The first kappa shape index (κ1) is 22.9. The molecule has 0 fully saturated rings. The van der Waals surface area contributed by atoms with Crippen LogP contribution in [-0.4, -0.2) is 43.5 Å². The van der Waals surface area contributed by atoms with Crippen LogP contribution in [0, 0.1) is 13.8 Å². The maximum atomic E-state index is 11.7. The molecule has 1 amide bonds. The van der Waals surface area contributed by atoms with Crippen molar-refractivity contribution >= 4 is 12.1 Å². The summed E-state index contributed by atoms with van der Waals surface area (Å²) in [5.41, 5.74) is 2.41. The number of nitrogens with one attached hydrogen (secondary N) is 1. The number of aliphatic hydroxyl groups is 1. The lowest BCUT2D eigenvalue weighted by molar-refractivity contribution is -0.139. The van der Waals surface area contributed by atoms with Crippen LogP contribution in [0.25, 0.3) is 0 Å². The summed E-state index contributed by atoms with van der Waals surface area (Å²) in [6.45, 7) is 6.76. The molecule has 1 aromatic rings. The van der Waals surface area contributed by atoms with Gasteiger partial charge in [-0.25, -0.2) is 9.59 Å². The van der Waals surface area contributed by atoms with Crippen molar-refractivity contribution < 1.29 is 28.9 Å². The summed E-state index contributed by atoms with van der Waals surface area (Å²) in [5, 5.41) is 11.4. The van der Waals surface area contributed by atoms with Crippen LogP contribution >= 0.6 is 0 Å². The fourth-order valence-corrected chi connectivity index (χ4v) is 2.59. The molecule has 27 heavy (non-hydrogen) atoms. The SMILES string of the molecule is CCOCC(=O)Oc1c(C)cc(COC(=O)NCCCCCCO)cc1C. The number of hydrogen-bond acceptors (Lipinski definition) is 6. The first-order chi connectivity index (χ1) is 13.0. The van der Waals surface area contributed by atoms with Gasteiger partial charge in [-0.2, -0.15) is 0 Å². The first-order valence-corrected chi connectivity index (χ1v) is 9.38. The van der Waals surface area contributed by atoms with Crippen LogP contribution in [0.15, 0.2) is 12.1 Å². The third-order valence-electron chi connectivity index (χ3n) is 3.88. The summed E-state index contributed by atoms with van der Waals surface area (Å²) in [4.78, 5) is 23.5. The van der Waals surface area contributed by atoms with Gasteiger partial charge in [0.15, 0.2) is 0 Å². The number of amides is 1. The quantitative estimate of drug-likeness (QED) is 0.328. The lowest BCUT2D eigenvalue weighted by Gasteiger charge is -2.13. The van der Waals surface area contributed by atoms with E-state index < -0.39 is 12.1 Å². The summed E-state index contributed by atoms with van der Waals surface area (Å²) in [6.07, 6.45) is 3.10. The van der Waals surface area contributed by atoms with Crippen LogP contribution < -0.4 is 10.1 Å². The van der Waals surface area contributed by atoms with E-state index in [1.807, 2.05) is 32.9 Å². The van der Waals surface area contributed by atoms with E-state index in [1.54, 1.807) is 0 Å². The number of benzene rings is 1. The molecule has 0 bridgehead atoms. The third kappa shape index (κ3) is 9.40. The fourth-order valence-electron chi connectivity index (χ4n) is 2.59. The van der Waals surface area contributed by atoms with E-state index in [2.05, 4.69) is 5.32 Å². The van der Waals surface area contributed by atoms with Crippen LogP contribution in [0.3, 0.4) is 0 Å². The second-order valence-corrected chi connectivity index (χ2v) is 6.31. The topological polar surface area (TPSA) is 94.1 Å². The molecule has 2 N–H and O–H groups in total. The molecule has 0 aromatic heterocycles. The number of carbonyl (C=O) groups is 2. The highest BCUT2D eigenvalue weighted by atomic mass is 16.6. The van der Waals surface area contributed by atoms with Crippen molar-refractivity contribution in [3.8, 4) is 5.75 Å². The molecule has 0 atom stereocenters. The maximum absolute atomic E-state index is 11.7. The second kappa shape index (κ2) is 13.1. The molecule has 0 aliphatic carbocycles. The number of aliphatic hydroxyl groups excluding tert-OH is 1. The Labute approximate surface area is 161 Å². The third-order valence-corrected chi connectivity index (χ3v) is 3.88. The van der Waals surface area contributed by atoms with Gasteiger partial charge >= 0.3 is 12.1 Å². The molecule has 7 heteroatoms. The summed E-state index contributed by atoms with van der Waals surface area (Å²) in [6, 6.07) is 3.66. The Bertz CT molecular complexity index is 579. The molecule has 0 saturated heterocycles. The zero-order valence-electron chi connectivity index (χ0n) is 16.5. The van der Waals surface area contributed by atoms with Crippen molar-refractivity contribution in [2.75, 3.05) is 26.4 Å². The molecule has 7 nitrogen and oxygen atoms in total. The molecule has 0 aliphatic heterocycles. The molecule has 152 valence electrons. The molecule has 0 unspecified atom stereocenters. The van der Waals surface area contributed by atoms with Gasteiger partial charge in [0.05, 0.1) is 0 Å². The van der Waals surface area contributed by atoms with Crippen LogP contribution in [0.5, 0.6) is 5.75 Å². The Morgan fingerprint density at radius 3 is 2.37 bits per heavy atom. The number of aryl methyl sites for hydroxylation is 2. The minimum absolute atomic E-state index is 0.0829. The molecular weight excluding hydrogens is 350 g/mol. The summed E-state index contributed by atoms with van der Waals surface area (Å²) in [7, 11) is 0. The Kier molecular flexibility index (Phi) is 11.1. The number of unbranched alkanes of at least 4 members (excludes halogenated alkanes) is 3. The van der Waals surface area contributed by atoms with E-state index in [4.69, 9.17) is 19.3 Å². The zero-order chi connectivity index (χ0) is 20.1. The van der Waals surface area contributed by atoms with Crippen molar-refractivity contribution in [1.29, 1.82) is 0 Å². The Morgan fingerprint density at radius 1 is 1.07 bits per heavy atom. The largest absolute Gasteiger partial charge is 0.445 e. The Morgan fingerprint density at radius 2 is 1.74 bits per heavy atom. The average Bonchev–Trinajstić information content (AvgIpc) is 2.64. The average molecular weight is 381 g/mol. The van der Waals surface area contributed by atoms with Crippen LogP contribution in [-0.2, 0) is 20.9 Å². The monoisotopic (exact) mass is 381 g/mol. The summed E-state index contributed by atoms with van der Waals surface area (Å²) in [5.74, 6) is 0.0706. The molecule has 0 aliphatic rings. The van der Waals surface area contributed by atoms with E-state index >= 15 is 0 Å². The molecule has 1 aromatic carbocycles. The lowest BCUT2D eigenvalue weighted by Crippen LogP contribution is -2.25. The molecule has 0 radical (unpaired) electrons. The first-order valence-electron chi connectivity index (χ1n) is 9.38. The van der Waals surface area contributed by atoms with Gasteiger partial charge in [-0.3, -0.25) is 0 Å². The number of hydrogen-bond donors (Lipinski definition) is 2. The minimum Gasteiger partial charge on any atom is -0.445 e. The number of ether oxygens (including phenoxy) is 3. The molecule has 0 saturated carbocycles. The fraction of sp³-hybridized carbons (Fsp3) is 0.600. The number of rotatable bonds is 12. The van der Waals surface area contributed by atoms with Gasteiger partial charge in [-0.05, 0) is 62.4 Å². The van der Waals surface area contributed by atoms with Crippen molar-refractivity contribution in [2.24, 2.45) is 0 Å². The normalized spacial score (nSPS) is 10.5. The van der Waals surface area contributed by atoms with Crippen molar-refractivity contribution in [3.63, 3.8) is 0 Å². The van der Waals surface area contributed by atoms with Gasteiger partial charge in [0.25, 0.3) is 0 Å². The van der Waals surface area contributed by atoms with Gasteiger partial charge in [-0.1, -0.05) is 12.8 Å². The van der Waals surface area contributed by atoms with E-state index in [-0.39, 0.29) is 19.8 Å². The van der Waals surface area contributed by atoms with Gasteiger partial charge in [0.2, 0.25) is 0 Å². The Hall–Kier alpha value is -2.12. The second-order valence-electron chi connectivity index (χ2n) is 6.31. The number of carbonyl (C=O) groups excluding carboxylic acids is 2. The molecule has 1 rings (SSSR count). The smallest absolute Gasteiger partial charge is 0.407 e. The number of alkyl carbamates (subject to hydrolysis) is 1. The van der Waals surface area contributed by atoms with Gasteiger partial charge in [-0.15, -0.1) is 0 Å². The standard InChI is InChI=1S/C20H31NO6/c1-4-25-14-18(23)27-19-15(2)11-17(12-16(19)3)13-26-20(24)21-9-7-5-6-8-10-22/h11-12,22H,4-10,13-14H2,1-3H3,(H,21,24). The van der Waals surface area contributed by atoms with Crippen molar-refractivity contribution in [1.82, 2.24) is 5.32 Å². The summed E-state index contributed by atoms with van der Waals surface area (Å²) < 4.78 is 15.6. The van der Waals surface area contributed by atoms with Gasteiger partial charge in [0.1, 0.15) is 19.0 Å². The lowest BCUT2D eigenvalue weighted by atomic mass is 10.1. The van der Waals surface area contributed by atoms with E-state index in [0.29, 0.717) is 18.9 Å². The minimum atomic E-state index is -0.459. The molecule has 0 spiro atoms. The maximum Gasteiger partial charge on any atom is 0.407 e. The Balaban J connectivity index is 2.43. The van der Waals surface area contributed by atoms with E-state index in [9.17, 15) is 9.59 Å².